The lowest BCUT2D eigenvalue weighted by Crippen LogP contribution is -2.05. The molecule has 0 aliphatic heterocycles. The van der Waals surface area contributed by atoms with Crippen molar-refractivity contribution < 1.29 is 9.50 Å². The van der Waals surface area contributed by atoms with Gasteiger partial charge in [-0.05, 0) is 42.0 Å². The van der Waals surface area contributed by atoms with Gasteiger partial charge in [-0.15, -0.1) is 0 Å². The minimum Gasteiger partial charge on any atom is -0.396 e. The fourth-order valence-electron chi connectivity index (χ4n) is 1.70. The minimum absolute atomic E-state index is 0.0770. The Labute approximate surface area is 101 Å². The van der Waals surface area contributed by atoms with Gasteiger partial charge in [-0.1, -0.05) is 19.1 Å². The van der Waals surface area contributed by atoms with Gasteiger partial charge in [-0.3, -0.25) is 0 Å². The highest BCUT2D eigenvalue weighted by Crippen LogP contribution is 2.22. The minimum atomic E-state index is -0.223. The summed E-state index contributed by atoms with van der Waals surface area (Å²) in [4.78, 5) is 0. The first-order valence-electron chi connectivity index (χ1n) is 5.72. The highest BCUT2D eigenvalue weighted by molar-refractivity contribution is 7.99. The molecule has 0 fully saturated rings. The summed E-state index contributed by atoms with van der Waals surface area (Å²) in [5.74, 6) is 2.10. The average Bonchev–Trinajstić information content (AvgIpc) is 2.29. The molecule has 1 aromatic rings. The van der Waals surface area contributed by atoms with Crippen molar-refractivity contribution in [1.82, 2.24) is 0 Å². The van der Waals surface area contributed by atoms with Crippen molar-refractivity contribution in [2.24, 2.45) is 0 Å². The Hall–Kier alpha value is -0.540. The smallest absolute Gasteiger partial charge is 0.123 e. The molecule has 1 nitrogen and oxygen atoms in total. The number of halogens is 1. The summed E-state index contributed by atoms with van der Waals surface area (Å²) in [6.07, 6.45) is 1.99. The van der Waals surface area contributed by atoms with E-state index in [1.165, 1.54) is 12.1 Å². The number of benzene rings is 1. The quantitative estimate of drug-likeness (QED) is 0.739. The SMILES string of the molecule is CCSCCCC(CO)c1cccc(F)c1. The predicted octanol–water partition coefficient (Wildman–Crippen LogP) is 3.43. The van der Waals surface area contributed by atoms with Crippen LogP contribution in [0.5, 0.6) is 0 Å². The number of hydrogen-bond acceptors (Lipinski definition) is 2. The third-order valence-corrected chi connectivity index (χ3v) is 3.57. The Bertz CT molecular complexity index is 304. The van der Waals surface area contributed by atoms with Gasteiger partial charge in [0.15, 0.2) is 0 Å². The molecule has 0 spiro atoms. The van der Waals surface area contributed by atoms with Crippen LogP contribution < -0.4 is 0 Å². The number of aliphatic hydroxyl groups excluding tert-OH is 1. The van der Waals surface area contributed by atoms with E-state index in [-0.39, 0.29) is 18.3 Å². The van der Waals surface area contributed by atoms with Crippen molar-refractivity contribution in [3.05, 3.63) is 35.6 Å². The summed E-state index contributed by atoms with van der Waals surface area (Å²) in [6, 6.07) is 6.55. The zero-order chi connectivity index (χ0) is 11.8. The average molecular weight is 242 g/mol. The van der Waals surface area contributed by atoms with E-state index >= 15 is 0 Å². The summed E-state index contributed by atoms with van der Waals surface area (Å²) < 4.78 is 13.0. The maximum Gasteiger partial charge on any atom is 0.123 e. The molecule has 0 radical (unpaired) electrons. The van der Waals surface area contributed by atoms with E-state index in [9.17, 15) is 9.50 Å². The van der Waals surface area contributed by atoms with Crippen molar-refractivity contribution >= 4 is 11.8 Å². The standard InChI is InChI=1S/C13H19FOS/c1-2-16-8-4-6-12(10-15)11-5-3-7-13(14)9-11/h3,5,7,9,12,15H,2,4,6,8,10H2,1H3. The molecule has 3 heteroatoms. The van der Waals surface area contributed by atoms with Gasteiger partial charge in [-0.2, -0.15) is 11.8 Å². The van der Waals surface area contributed by atoms with Crippen LogP contribution in [-0.2, 0) is 0 Å². The topological polar surface area (TPSA) is 20.2 Å². The zero-order valence-corrected chi connectivity index (χ0v) is 10.5. The highest BCUT2D eigenvalue weighted by atomic mass is 32.2. The number of thioether (sulfide) groups is 1. The van der Waals surface area contributed by atoms with E-state index in [0.29, 0.717) is 0 Å². The molecule has 0 aromatic heterocycles. The molecule has 1 atom stereocenters. The van der Waals surface area contributed by atoms with Crippen LogP contribution in [0.25, 0.3) is 0 Å². The zero-order valence-electron chi connectivity index (χ0n) is 9.66. The molecule has 0 aliphatic carbocycles. The van der Waals surface area contributed by atoms with Gasteiger partial charge in [0.25, 0.3) is 0 Å². The van der Waals surface area contributed by atoms with Crippen LogP contribution in [0.4, 0.5) is 4.39 Å². The van der Waals surface area contributed by atoms with E-state index in [4.69, 9.17) is 0 Å². The molecular formula is C13H19FOS. The molecule has 1 rings (SSSR count). The molecule has 0 aliphatic rings. The van der Waals surface area contributed by atoms with Crippen molar-refractivity contribution in [1.29, 1.82) is 0 Å². The Kier molecular flexibility index (Phi) is 6.50. The summed E-state index contributed by atoms with van der Waals surface area (Å²) in [7, 11) is 0. The van der Waals surface area contributed by atoms with Crippen LogP contribution in [0, 0.1) is 5.82 Å². The van der Waals surface area contributed by atoms with Gasteiger partial charge in [0.2, 0.25) is 0 Å². The fourth-order valence-corrected chi connectivity index (χ4v) is 2.36. The Morgan fingerprint density at radius 1 is 1.44 bits per heavy atom. The molecule has 0 heterocycles. The van der Waals surface area contributed by atoms with Crippen LogP contribution in [0.3, 0.4) is 0 Å². The van der Waals surface area contributed by atoms with Gasteiger partial charge in [0.05, 0.1) is 0 Å². The van der Waals surface area contributed by atoms with Gasteiger partial charge < -0.3 is 5.11 Å². The maximum absolute atomic E-state index is 13.0. The Balaban J connectivity index is 2.47. The first kappa shape index (κ1) is 13.5. The van der Waals surface area contributed by atoms with E-state index in [1.807, 2.05) is 17.8 Å². The van der Waals surface area contributed by atoms with Crippen LogP contribution >= 0.6 is 11.8 Å². The first-order chi connectivity index (χ1) is 7.77. The number of aliphatic hydroxyl groups is 1. The molecule has 1 N–H and O–H groups in total. The van der Waals surface area contributed by atoms with Crippen molar-refractivity contribution in [2.45, 2.75) is 25.7 Å². The predicted molar refractivity (Wildman–Crippen MR) is 68.5 cm³/mol. The lowest BCUT2D eigenvalue weighted by atomic mass is 9.95. The number of rotatable bonds is 7. The summed E-state index contributed by atoms with van der Waals surface area (Å²) >= 11 is 1.90. The molecule has 1 unspecified atom stereocenters. The molecule has 90 valence electrons. The third kappa shape index (κ3) is 4.54. The van der Waals surface area contributed by atoms with Gasteiger partial charge >= 0.3 is 0 Å². The summed E-state index contributed by atoms with van der Waals surface area (Å²) in [6.45, 7) is 2.24. The Morgan fingerprint density at radius 2 is 2.25 bits per heavy atom. The lowest BCUT2D eigenvalue weighted by Gasteiger charge is -2.14. The van der Waals surface area contributed by atoms with Crippen LogP contribution in [-0.4, -0.2) is 23.2 Å². The largest absolute Gasteiger partial charge is 0.396 e. The summed E-state index contributed by atoms with van der Waals surface area (Å²) in [5, 5.41) is 9.30. The third-order valence-electron chi connectivity index (χ3n) is 2.59. The van der Waals surface area contributed by atoms with Crippen molar-refractivity contribution in [3.8, 4) is 0 Å². The second-order valence-corrected chi connectivity index (χ2v) is 5.17. The molecule has 0 saturated heterocycles. The second kappa shape index (κ2) is 7.69. The second-order valence-electron chi connectivity index (χ2n) is 3.77. The van der Waals surface area contributed by atoms with Crippen LogP contribution in [0.2, 0.25) is 0 Å². The number of hydrogen-bond donors (Lipinski definition) is 1. The molecule has 16 heavy (non-hydrogen) atoms. The maximum atomic E-state index is 13.0. The highest BCUT2D eigenvalue weighted by Gasteiger charge is 2.10. The van der Waals surface area contributed by atoms with Gasteiger partial charge in [0.1, 0.15) is 5.82 Å². The monoisotopic (exact) mass is 242 g/mol. The molecular weight excluding hydrogens is 223 g/mol. The van der Waals surface area contributed by atoms with E-state index in [0.717, 1.165) is 29.9 Å². The van der Waals surface area contributed by atoms with Gasteiger partial charge in [-0.25, -0.2) is 4.39 Å². The molecule has 0 bridgehead atoms. The van der Waals surface area contributed by atoms with E-state index < -0.39 is 0 Å². The fraction of sp³-hybridized carbons (Fsp3) is 0.538. The Morgan fingerprint density at radius 3 is 2.88 bits per heavy atom. The van der Waals surface area contributed by atoms with E-state index in [1.54, 1.807) is 6.07 Å². The van der Waals surface area contributed by atoms with Crippen LogP contribution in [0.1, 0.15) is 31.2 Å². The molecule has 0 amide bonds. The van der Waals surface area contributed by atoms with E-state index in [2.05, 4.69) is 6.92 Å². The normalized spacial score (nSPS) is 12.7. The molecule has 1 aromatic carbocycles. The molecule has 0 saturated carbocycles. The summed E-state index contributed by atoms with van der Waals surface area (Å²) in [5.41, 5.74) is 0.906. The lowest BCUT2D eigenvalue weighted by molar-refractivity contribution is 0.258. The van der Waals surface area contributed by atoms with Gasteiger partial charge in [0, 0.05) is 12.5 Å². The van der Waals surface area contributed by atoms with Crippen molar-refractivity contribution in [3.63, 3.8) is 0 Å². The van der Waals surface area contributed by atoms with Crippen molar-refractivity contribution in [2.75, 3.05) is 18.1 Å². The van der Waals surface area contributed by atoms with Crippen LogP contribution in [0.15, 0.2) is 24.3 Å². The first-order valence-corrected chi connectivity index (χ1v) is 6.87.